The predicted octanol–water partition coefficient (Wildman–Crippen LogP) is 3.64. The highest BCUT2D eigenvalue weighted by molar-refractivity contribution is 9.10. The highest BCUT2D eigenvalue weighted by atomic mass is 79.9. The molecule has 2 aromatic rings. The molecule has 1 N–H and O–H groups in total. The van der Waals surface area contributed by atoms with Crippen molar-refractivity contribution in [3.05, 3.63) is 45.8 Å². The SMILES string of the molecule is Cc1cc(CNCc2cc(Br)ccc2OC(F)F)on1. The number of aryl methyl sites for hydroxylation is 1. The fourth-order valence-electron chi connectivity index (χ4n) is 1.72. The first-order valence-corrected chi connectivity index (χ1v) is 6.70. The molecule has 0 unspecified atom stereocenters. The summed E-state index contributed by atoms with van der Waals surface area (Å²) in [6.45, 7) is -0.176. The molecule has 0 spiro atoms. The fourth-order valence-corrected chi connectivity index (χ4v) is 2.13. The van der Waals surface area contributed by atoms with Gasteiger partial charge in [-0.05, 0) is 25.1 Å². The summed E-state index contributed by atoms with van der Waals surface area (Å²) in [5.41, 5.74) is 1.43. The molecule has 0 fully saturated rings. The van der Waals surface area contributed by atoms with Gasteiger partial charge in [0, 0.05) is 22.6 Å². The van der Waals surface area contributed by atoms with Gasteiger partial charge in [-0.2, -0.15) is 8.78 Å². The summed E-state index contributed by atoms with van der Waals surface area (Å²) in [7, 11) is 0. The summed E-state index contributed by atoms with van der Waals surface area (Å²) in [5, 5.41) is 6.86. The first-order chi connectivity index (χ1) is 9.54. The van der Waals surface area contributed by atoms with Crippen LogP contribution in [0.15, 0.2) is 33.3 Å². The zero-order valence-corrected chi connectivity index (χ0v) is 12.3. The maximum atomic E-state index is 12.3. The van der Waals surface area contributed by atoms with Gasteiger partial charge in [-0.3, -0.25) is 0 Å². The van der Waals surface area contributed by atoms with E-state index in [0.29, 0.717) is 24.4 Å². The number of ether oxygens (including phenoxy) is 1. The smallest absolute Gasteiger partial charge is 0.387 e. The molecule has 108 valence electrons. The number of hydrogen-bond donors (Lipinski definition) is 1. The summed E-state index contributed by atoms with van der Waals surface area (Å²) in [6.07, 6.45) is 0. The highest BCUT2D eigenvalue weighted by Crippen LogP contribution is 2.24. The second-order valence-corrected chi connectivity index (χ2v) is 5.08. The van der Waals surface area contributed by atoms with Crippen LogP contribution in [0.4, 0.5) is 8.78 Å². The minimum atomic E-state index is -2.84. The molecule has 0 radical (unpaired) electrons. The van der Waals surface area contributed by atoms with E-state index in [1.807, 2.05) is 13.0 Å². The molecule has 1 aromatic heterocycles. The van der Waals surface area contributed by atoms with Crippen LogP contribution < -0.4 is 10.1 Å². The van der Waals surface area contributed by atoms with Gasteiger partial charge in [-0.1, -0.05) is 21.1 Å². The topological polar surface area (TPSA) is 47.3 Å². The Balaban J connectivity index is 1.98. The van der Waals surface area contributed by atoms with Crippen LogP contribution >= 0.6 is 15.9 Å². The lowest BCUT2D eigenvalue weighted by Gasteiger charge is -2.11. The summed E-state index contributed by atoms with van der Waals surface area (Å²) in [5.74, 6) is 0.846. The maximum Gasteiger partial charge on any atom is 0.387 e. The van der Waals surface area contributed by atoms with Crippen molar-refractivity contribution < 1.29 is 18.0 Å². The number of hydrogen-bond acceptors (Lipinski definition) is 4. The van der Waals surface area contributed by atoms with Crippen molar-refractivity contribution in [2.24, 2.45) is 0 Å². The Bertz CT molecular complexity index is 575. The number of nitrogens with zero attached hydrogens (tertiary/aromatic N) is 1. The molecular weight excluding hydrogens is 334 g/mol. The average Bonchev–Trinajstić information content (AvgIpc) is 2.78. The number of halogens is 3. The second kappa shape index (κ2) is 6.81. The minimum Gasteiger partial charge on any atom is -0.434 e. The van der Waals surface area contributed by atoms with Crippen LogP contribution in [0.2, 0.25) is 0 Å². The Hall–Kier alpha value is -1.47. The highest BCUT2D eigenvalue weighted by Gasteiger charge is 2.10. The van der Waals surface area contributed by atoms with E-state index in [4.69, 9.17) is 4.52 Å². The lowest BCUT2D eigenvalue weighted by atomic mass is 10.2. The first kappa shape index (κ1) is 14.9. The third-order valence-corrected chi connectivity index (χ3v) is 3.02. The summed E-state index contributed by atoms with van der Waals surface area (Å²) in [6, 6.07) is 6.70. The maximum absolute atomic E-state index is 12.3. The van der Waals surface area contributed by atoms with Crippen LogP contribution in [-0.4, -0.2) is 11.8 Å². The molecular formula is C13H13BrF2N2O2. The van der Waals surface area contributed by atoms with Gasteiger partial charge in [0.2, 0.25) is 0 Å². The Morgan fingerprint density at radius 1 is 1.35 bits per heavy atom. The van der Waals surface area contributed by atoms with E-state index in [0.717, 1.165) is 10.2 Å². The van der Waals surface area contributed by atoms with Crippen LogP contribution in [0.3, 0.4) is 0 Å². The zero-order chi connectivity index (χ0) is 14.5. The second-order valence-electron chi connectivity index (χ2n) is 4.17. The van der Waals surface area contributed by atoms with Crippen LogP contribution in [0.25, 0.3) is 0 Å². The van der Waals surface area contributed by atoms with Gasteiger partial charge >= 0.3 is 6.61 Å². The van der Waals surface area contributed by atoms with Crippen molar-refractivity contribution >= 4 is 15.9 Å². The van der Waals surface area contributed by atoms with Gasteiger partial charge in [0.1, 0.15) is 5.75 Å². The molecule has 0 aliphatic rings. The normalized spacial score (nSPS) is 11.1. The lowest BCUT2D eigenvalue weighted by Crippen LogP contribution is -2.14. The lowest BCUT2D eigenvalue weighted by molar-refractivity contribution is -0.0505. The monoisotopic (exact) mass is 346 g/mol. The summed E-state index contributed by atoms with van der Waals surface area (Å²) < 4.78 is 34.9. The van der Waals surface area contributed by atoms with E-state index in [-0.39, 0.29) is 5.75 Å². The molecule has 0 bridgehead atoms. The van der Waals surface area contributed by atoms with Gasteiger partial charge in [0.05, 0.1) is 12.2 Å². The van der Waals surface area contributed by atoms with Crippen LogP contribution in [-0.2, 0) is 13.1 Å². The van der Waals surface area contributed by atoms with Gasteiger partial charge in [-0.15, -0.1) is 0 Å². The molecule has 0 aliphatic carbocycles. The third-order valence-electron chi connectivity index (χ3n) is 2.53. The molecule has 1 heterocycles. The quantitative estimate of drug-likeness (QED) is 0.867. The van der Waals surface area contributed by atoms with Crippen LogP contribution in [0.5, 0.6) is 5.75 Å². The van der Waals surface area contributed by atoms with Gasteiger partial charge in [0.25, 0.3) is 0 Å². The Labute approximate surface area is 123 Å². The number of benzene rings is 1. The first-order valence-electron chi connectivity index (χ1n) is 5.91. The Morgan fingerprint density at radius 3 is 2.80 bits per heavy atom. The number of aromatic nitrogens is 1. The minimum absolute atomic E-state index is 0.157. The third kappa shape index (κ3) is 4.28. The standard InChI is InChI=1S/C13H13BrF2N2O2/c1-8-4-11(20-18-8)7-17-6-9-5-10(14)2-3-12(9)19-13(15)16/h2-5,13,17H,6-7H2,1H3. The van der Waals surface area contributed by atoms with Crippen LogP contribution in [0, 0.1) is 6.92 Å². The van der Waals surface area contributed by atoms with Crippen LogP contribution in [0.1, 0.15) is 17.0 Å². The molecule has 1 aromatic carbocycles. The van der Waals surface area contributed by atoms with Crippen molar-refractivity contribution in [2.75, 3.05) is 0 Å². The molecule has 0 aliphatic heterocycles. The molecule has 0 atom stereocenters. The van der Waals surface area contributed by atoms with Gasteiger partial charge < -0.3 is 14.6 Å². The molecule has 20 heavy (non-hydrogen) atoms. The van der Waals surface area contributed by atoms with Gasteiger partial charge in [0.15, 0.2) is 5.76 Å². The molecule has 7 heteroatoms. The van der Waals surface area contributed by atoms with E-state index in [9.17, 15) is 8.78 Å². The molecule has 0 saturated heterocycles. The fraction of sp³-hybridized carbons (Fsp3) is 0.308. The number of alkyl halides is 2. The molecule has 4 nitrogen and oxygen atoms in total. The predicted molar refractivity (Wildman–Crippen MR) is 72.6 cm³/mol. The van der Waals surface area contributed by atoms with E-state index >= 15 is 0 Å². The van der Waals surface area contributed by atoms with E-state index < -0.39 is 6.61 Å². The summed E-state index contributed by atoms with van der Waals surface area (Å²) >= 11 is 3.30. The Morgan fingerprint density at radius 2 is 2.15 bits per heavy atom. The molecule has 2 rings (SSSR count). The molecule has 0 amide bonds. The molecule has 0 saturated carbocycles. The number of nitrogens with one attached hydrogen (secondary N) is 1. The zero-order valence-electron chi connectivity index (χ0n) is 10.7. The van der Waals surface area contributed by atoms with E-state index in [1.54, 1.807) is 12.1 Å². The average molecular weight is 347 g/mol. The van der Waals surface area contributed by atoms with Crippen molar-refractivity contribution in [2.45, 2.75) is 26.6 Å². The largest absolute Gasteiger partial charge is 0.434 e. The van der Waals surface area contributed by atoms with Gasteiger partial charge in [-0.25, -0.2) is 0 Å². The Kier molecular flexibility index (Phi) is 5.08. The summed E-state index contributed by atoms with van der Waals surface area (Å²) in [4.78, 5) is 0. The van der Waals surface area contributed by atoms with Crippen molar-refractivity contribution in [3.8, 4) is 5.75 Å². The van der Waals surface area contributed by atoms with Crippen molar-refractivity contribution in [3.63, 3.8) is 0 Å². The van der Waals surface area contributed by atoms with E-state index in [1.165, 1.54) is 6.07 Å². The van der Waals surface area contributed by atoms with Crippen molar-refractivity contribution in [1.82, 2.24) is 10.5 Å². The number of rotatable bonds is 6. The van der Waals surface area contributed by atoms with Crippen molar-refractivity contribution in [1.29, 1.82) is 0 Å². The van der Waals surface area contributed by atoms with E-state index in [2.05, 4.69) is 31.1 Å².